The van der Waals surface area contributed by atoms with Gasteiger partial charge in [-0.15, -0.1) is 0 Å². The van der Waals surface area contributed by atoms with E-state index < -0.39 is 5.97 Å². The van der Waals surface area contributed by atoms with Gasteiger partial charge in [0.25, 0.3) is 0 Å². The smallest absolute Gasteiger partial charge is 0.363 e. The van der Waals surface area contributed by atoms with Gasteiger partial charge in [0.15, 0.2) is 17.2 Å². The minimum Gasteiger partial charge on any atom is -0.454 e. The summed E-state index contributed by atoms with van der Waals surface area (Å²) in [5, 5.41) is 4.34. The fourth-order valence-corrected chi connectivity index (χ4v) is 3.03. The van der Waals surface area contributed by atoms with Crippen LogP contribution in [0.25, 0.3) is 6.08 Å². The van der Waals surface area contributed by atoms with Gasteiger partial charge in [0, 0.05) is 17.3 Å². The number of fused-ring (bicyclic) bond motifs is 1. The van der Waals surface area contributed by atoms with Crippen LogP contribution < -0.4 is 9.47 Å². The van der Waals surface area contributed by atoms with E-state index in [1.807, 2.05) is 41.2 Å². The van der Waals surface area contributed by atoms with Crippen molar-refractivity contribution >= 4 is 17.9 Å². The Hall–Kier alpha value is -3.87. The third kappa shape index (κ3) is 3.14. The molecule has 0 amide bonds. The van der Waals surface area contributed by atoms with Gasteiger partial charge in [-0.2, -0.15) is 5.10 Å². The molecule has 28 heavy (non-hydrogen) atoms. The molecule has 0 N–H and O–H groups in total. The second-order valence-electron chi connectivity index (χ2n) is 6.36. The molecule has 0 unspecified atom stereocenters. The van der Waals surface area contributed by atoms with Crippen molar-refractivity contribution < 1.29 is 19.0 Å². The normalized spacial score (nSPS) is 16.4. The number of cyclic esters (lactones) is 1. The standard InChI is InChI=1S/C21H15N3O4/c25-21-17(8-15-10-22-24(12-15)11-14-4-2-1-3-5-14)23-20(28-21)16-6-7-18-19(9-16)27-13-26-18/h1-10,12H,11,13H2/b17-8-. The maximum atomic E-state index is 12.2. The van der Waals surface area contributed by atoms with Crippen molar-refractivity contribution in [3.05, 3.63) is 83.3 Å². The zero-order valence-corrected chi connectivity index (χ0v) is 14.7. The summed E-state index contributed by atoms with van der Waals surface area (Å²) in [6.45, 7) is 0.837. The van der Waals surface area contributed by atoms with E-state index in [0.29, 0.717) is 23.6 Å². The summed E-state index contributed by atoms with van der Waals surface area (Å²) in [5.74, 6) is 1.01. The summed E-state index contributed by atoms with van der Waals surface area (Å²) in [7, 11) is 0. The van der Waals surface area contributed by atoms with Crippen molar-refractivity contribution in [1.82, 2.24) is 9.78 Å². The summed E-state index contributed by atoms with van der Waals surface area (Å²) in [5.41, 5.74) is 2.81. The summed E-state index contributed by atoms with van der Waals surface area (Å²) in [4.78, 5) is 16.5. The lowest BCUT2D eigenvalue weighted by Crippen LogP contribution is -2.05. The van der Waals surface area contributed by atoms with E-state index in [1.54, 1.807) is 30.5 Å². The Morgan fingerprint density at radius 1 is 1.07 bits per heavy atom. The van der Waals surface area contributed by atoms with E-state index in [9.17, 15) is 4.79 Å². The number of hydrogen-bond donors (Lipinski definition) is 0. The molecule has 0 fully saturated rings. The molecule has 0 saturated heterocycles. The summed E-state index contributed by atoms with van der Waals surface area (Å²) in [6, 6.07) is 15.3. The van der Waals surface area contributed by atoms with Crippen LogP contribution in [-0.2, 0) is 16.1 Å². The van der Waals surface area contributed by atoms with Gasteiger partial charge in [0.2, 0.25) is 12.7 Å². The average Bonchev–Trinajstić information content (AvgIpc) is 3.43. The molecule has 2 aliphatic rings. The number of rotatable bonds is 4. The molecule has 0 radical (unpaired) electrons. The van der Waals surface area contributed by atoms with Crippen LogP contribution in [0.3, 0.4) is 0 Å². The number of aliphatic imine (C=N–C) groups is 1. The molecule has 0 aliphatic carbocycles. The molecular formula is C21H15N3O4. The number of carbonyl (C=O) groups is 1. The molecular weight excluding hydrogens is 358 g/mol. The molecule has 2 aromatic carbocycles. The van der Waals surface area contributed by atoms with Gasteiger partial charge in [-0.25, -0.2) is 9.79 Å². The van der Waals surface area contributed by atoms with Crippen LogP contribution >= 0.6 is 0 Å². The van der Waals surface area contributed by atoms with Crippen LogP contribution in [0.4, 0.5) is 0 Å². The average molecular weight is 373 g/mol. The maximum Gasteiger partial charge on any atom is 0.363 e. The van der Waals surface area contributed by atoms with E-state index >= 15 is 0 Å². The van der Waals surface area contributed by atoms with Gasteiger partial charge >= 0.3 is 5.97 Å². The maximum absolute atomic E-state index is 12.2. The number of aromatic nitrogens is 2. The van der Waals surface area contributed by atoms with Crippen molar-refractivity contribution in [1.29, 1.82) is 0 Å². The molecule has 0 bridgehead atoms. The molecule has 7 heteroatoms. The van der Waals surface area contributed by atoms with Crippen LogP contribution in [0.2, 0.25) is 0 Å². The van der Waals surface area contributed by atoms with Gasteiger partial charge in [-0.05, 0) is 29.8 Å². The molecule has 7 nitrogen and oxygen atoms in total. The highest BCUT2D eigenvalue weighted by molar-refractivity contribution is 6.13. The fraction of sp³-hybridized carbons (Fsp3) is 0.0952. The quantitative estimate of drug-likeness (QED) is 0.519. The van der Waals surface area contributed by atoms with Gasteiger partial charge in [0.1, 0.15) is 0 Å². The Bertz CT molecular complexity index is 1120. The third-order valence-electron chi connectivity index (χ3n) is 4.38. The summed E-state index contributed by atoms with van der Waals surface area (Å²) < 4.78 is 17.8. The lowest BCUT2D eigenvalue weighted by molar-refractivity contribution is -0.129. The number of nitrogens with zero attached hydrogens (tertiary/aromatic N) is 3. The monoisotopic (exact) mass is 373 g/mol. The predicted octanol–water partition coefficient (Wildman–Crippen LogP) is 3.00. The number of benzene rings is 2. The molecule has 5 rings (SSSR count). The number of ether oxygens (including phenoxy) is 3. The molecule has 3 aromatic rings. The molecule has 2 aliphatic heterocycles. The lowest BCUT2D eigenvalue weighted by Gasteiger charge is -2.01. The van der Waals surface area contributed by atoms with Crippen molar-refractivity contribution in [3.8, 4) is 11.5 Å². The molecule has 0 spiro atoms. The highest BCUT2D eigenvalue weighted by Gasteiger charge is 2.26. The Morgan fingerprint density at radius 3 is 2.82 bits per heavy atom. The largest absolute Gasteiger partial charge is 0.454 e. The van der Waals surface area contributed by atoms with E-state index in [-0.39, 0.29) is 18.4 Å². The molecule has 138 valence electrons. The zero-order chi connectivity index (χ0) is 18.9. The lowest BCUT2D eigenvalue weighted by atomic mass is 10.2. The minimum atomic E-state index is -0.497. The molecule has 0 atom stereocenters. The van der Waals surface area contributed by atoms with Crippen LogP contribution in [0.1, 0.15) is 16.7 Å². The van der Waals surface area contributed by atoms with Crippen LogP contribution in [0, 0.1) is 0 Å². The Morgan fingerprint density at radius 2 is 1.93 bits per heavy atom. The van der Waals surface area contributed by atoms with Gasteiger partial charge < -0.3 is 14.2 Å². The number of carbonyl (C=O) groups excluding carboxylic acids is 1. The van der Waals surface area contributed by atoms with E-state index in [2.05, 4.69) is 10.1 Å². The van der Waals surface area contributed by atoms with Crippen LogP contribution in [-0.4, -0.2) is 28.4 Å². The van der Waals surface area contributed by atoms with Crippen molar-refractivity contribution in [2.24, 2.45) is 4.99 Å². The Kier molecular flexibility index (Phi) is 3.90. The topological polar surface area (TPSA) is 74.9 Å². The second kappa shape index (κ2) is 6.70. The highest BCUT2D eigenvalue weighted by Crippen LogP contribution is 2.33. The summed E-state index contributed by atoms with van der Waals surface area (Å²) in [6.07, 6.45) is 5.22. The predicted molar refractivity (Wildman–Crippen MR) is 101 cm³/mol. The van der Waals surface area contributed by atoms with Crippen molar-refractivity contribution in [2.75, 3.05) is 6.79 Å². The first-order chi connectivity index (χ1) is 13.7. The second-order valence-corrected chi connectivity index (χ2v) is 6.36. The van der Waals surface area contributed by atoms with Gasteiger partial charge in [-0.3, -0.25) is 4.68 Å². The first kappa shape index (κ1) is 16.3. The van der Waals surface area contributed by atoms with Gasteiger partial charge in [-0.1, -0.05) is 30.3 Å². The Labute approximate surface area is 160 Å². The van der Waals surface area contributed by atoms with E-state index in [0.717, 1.165) is 11.1 Å². The fourth-order valence-electron chi connectivity index (χ4n) is 3.03. The number of esters is 1. The molecule has 1 aromatic heterocycles. The van der Waals surface area contributed by atoms with E-state index in [1.165, 1.54) is 0 Å². The zero-order valence-electron chi connectivity index (χ0n) is 14.7. The van der Waals surface area contributed by atoms with Crippen molar-refractivity contribution in [2.45, 2.75) is 6.54 Å². The molecule has 0 saturated carbocycles. The molecule has 3 heterocycles. The Balaban J connectivity index is 1.37. The SMILES string of the molecule is O=C1OC(c2ccc3c(c2)OCO3)=N/C1=C\c1cnn(Cc2ccccc2)c1. The minimum absolute atomic E-state index is 0.184. The first-order valence-corrected chi connectivity index (χ1v) is 8.73. The highest BCUT2D eigenvalue weighted by atomic mass is 16.7. The summed E-state index contributed by atoms with van der Waals surface area (Å²) >= 11 is 0. The van der Waals surface area contributed by atoms with E-state index in [4.69, 9.17) is 14.2 Å². The van der Waals surface area contributed by atoms with Crippen LogP contribution in [0.5, 0.6) is 11.5 Å². The van der Waals surface area contributed by atoms with Gasteiger partial charge in [0.05, 0.1) is 12.7 Å². The first-order valence-electron chi connectivity index (χ1n) is 8.73. The number of hydrogen-bond acceptors (Lipinski definition) is 6. The third-order valence-corrected chi connectivity index (χ3v) is 4.38. The van der Waals surface area contributed by atoms with Crippen molar-refractivity contribution in [3.63, 3.8) is 0 Å². The van der Waals surface area contributed by atoms with Crippen LogP contribution in [0.15, 0.2) is 71.6 Å².